The van der Waals surface area contributed by atoms with Gasteiger partial charge in [-0.3, -0.25) is 4.79 Å². The lowest BCUT2D eigenvalue weighted by atomic mass is 10.1. The minimum absolute atomic E-state index is 0.0685. The van der Waals surface area contributed by atoms with Crippen molar-refractivity contribution in [3.63, 3.8) is 0 Å². The molecule has 0 aliphatic heterocycles. The number of carbonyl (C=O) groups excluding carboxylic acids is 1. The molecule has 1 aliphatic carbocycles. The molecule has 100 valence electrons. The number of carbonyl (C=O) groups is 1. The minimum Gasteiger partial charge on any atom is -0.322 e. The highest BCUT2D eigenvalue weighted by atomic mass is 19.1. The average molecular weight is 260 g/mol. The summed E-state index contributed by atoms with van der Waals surface area (Å²) in [4.78, 5) is 14.0. The third kappa shape index (κ3) is 3.11. The molecule has 0 saturated heterocycles. The van der Waals surface area contributed by atoms with E-state index in [0.717, 1.165) is 25.7 Å². The highest BCUT2D eigenvalue weighted by Gasteiger charge is 2.27. The zero-order chi connectivity index (χ0) is 13.8. The van der Waals surface area contributed by atoms with Crippen LogP contribution < -0.4 is 0 Å². The highest BCUT2D eigenvalue weighted by molar-refractivity contribution is 5.94. The Hall–Kier alpha value is -1.89. The van der Waals surface area contributed by atoms with Crippen LogP contribution in [0, 0.1) is 24.1 Å². The first-order valence-corrected chi connectivity index (χ1v) is 6.57. The van der Waals surface area contributed by atoms with E-state index in [1.165, 1.54) is 12.1 Å². The summed E-state index contributed by atoms with van der Waals surface area (Å²) in [6.07, 6.45) is 4.04. The first-order chi connectivity index (χ1) is 9.11. The summed E-state index contributed by atoms with van der Waals surface area (Å²) in [6.45, 7) is 1.82. The smallest absolute Gasteiger partial charge is 0.255 e. The minimum atomic E-state index is -0.410. The molecule has 1 aromatic carbocycles. The van der Waals surface area contributed by atoms with Crippen molar-refractivity contribution >= 4 is 5.91 Å². The van der Waals surface area contributed by atoms with Gasteiger partial charge in [-0.25, -0.2) is 4.39 Å². The number of halogens is 1. The number of hydrogen-bond donors (Lipinski definition) is 0. The molecular formula is C15H17FN2O. The molecule has 0 atom stereocenters. The van der Waals surface area contributed by atoms with Crippen molar-refractivity contribution in [3.05, 3.63) is 35.1 Å². The fraction of sp³-hybridized carbons (Fsp3) is 0.467. The number of nitriles is 1. The first-order valence-electron chi connectivity index (χ1n) is 6.57. The van der Waals surface area contributed by atoms with Gasteiger partial charge in [0.2, 0.25) is 0 Å². The molecule has 0 bridgehead atoms. The molecule has 0 aromatic heterocycles. The van der Waals surface area contributed by atoms with Crippen LogP contribution in [0.25, 0.3) is 0 Å². The fourth-order valence-corrected chi connectivity index (χ4v) is 2.68. The van der Waals surface area contributed by atoms with Crippen molar-refractivity contribution in [2.45, 2.75) is 38.6 Å². The van der Waals surface area contributed by atoms with E-state index in [2.05, 4.69) is 0 Å². The number of amides is 1. The molecule has 0 heterocycles. The lowest BCUT2D eigenvalue weighted by molar-refractivity contribution is 0.0709. The van der Waals surface area contributed by atoms with Crippen LogP contribution in [0.3, 0.4) is 0 Å². The monoisotopic (exact) mass is 260 g/mol. The molecule has 3 nitrogen and oxygen atoms in total. The topological polar surface area (TPSA) is 44.1 Å². The highest BCUT2D eigenvalue weighted by Crippen LogP contribution is 2.25. The van der Waals surface area contributed by atoms with Crippen molar-refractivity contribution < 1.29 is 9.18 Å². The van der Waals surface area contributed by atoms with Gasteiger partial charge in [-0.1, -0.05) is 12.8 Å². The van der Waals surface area contributed by atoms with Crippen molar-refractivity contribution in [1.82, 2.24) is 4.90 Å². The van der Waals surface area contributed by atoms with Crippen molar-refractivity contribution in [3.8, 4) is 6.07 Å². The maximum Gasteiger partial charge on any atom is 0.255 e. The Bertz CT molecular complexity index is 495. The Labute approximate surface area is 112 Å². The third-order valence-corrected chi connectivity index (χ3v) is 3.56. The summed E-state index contributed by atoms with van der Waals surface area (Å²) >= 11 is 0. The number of aryl methyl sites for hydroxylation is 1. The van der Waals surface area contributed by atoms with Crippen LogP contribution in [0.1, 0.15) is 41.6 Å². The molecule has 0 spiro atoms. The van der Waals surface area contributed by atoms with Crippen molar-refractivity contribution in [2.24, 2.45) is 0 Å². The van der Waals surface area contributed by atoms with E-state index in [4.69, 9.17) is 5.26 Å². The van der Waals surface area contributed by atoms with E-state index >= 15 is 0 Å². The average Bonchev–Trinajstić information content (AvgIpc) is 2.87. The van der Waals surface area contributed by atoms with E-state index in [1.807, 2.05) is 6.07 Å². The van der Waals surface area contributed by atoms with Crippen LogP contribution in [0.5, 0.6) is 0 Å². The van der Waals surface area contributed by atoms with E-state index in [-0.39, 0.29) is 18.5 Å². The second kappa shape index (κ2) is 5.83. The summed E-state index contributed by atoms with van der Waals surface area (Å²) in [5, 5.41) is 8.88. The summed E-state index contributed by atoms with van der Waals surface area (Å²) in [5.74, 6) is -0.650. The van der Waals surface area contributed by atoms with Crippen LogP contribution in [-0.4, -0.2) is 23.4 Å². The van der Waals surface area contributed by atoms with Gasteiger partial charge in [0.05, 0.1) is 6.07 Å². The van der Waals surface area contributed by atoms with Crippen molar-refractivity contribution in [1.29, 1.82) is 5.26 Å². The summed E-state index contributed by atoms with van der Waals surface area (Å²) in [6, 6.07) is 6.46. The second-order valence-corrected chi connectivity index (χ2v) is 5.05. The molecule has 1 saturated carbocycles. The molecule has 2 rings (SSSR count). The zero-order valence-electron chi connectivity index (χ0n) is 11.0. The fourth-order valence-electron chi connectivity index (χ4n) is 2.68. The molecular weight excluding hydrogens is 243 g/mol. The Balaban J connectivity index is 2.25. The van der Waals surface area contributed by atoms with Crippen molar-refractivity contribution in [2.75, 3.05) is 6.54 Å². The lowest BCUT2D eigenvalue weighted by Gasteiger charge is -2.26. The van der Waals surface area contributed by atoms with Gasteiger partial charge < -0.3 is 4.90 Å². The van der Waals surface area contributed by atoms with Crippen LogP contribution in [0.15, 0.2) is 18.2 Å². The summed E-state index contributed by atoms with van der Waals surface area (Å²) in [5.41, 5.74) is 1.05. The molecule has 1 aromatic rings. The standard InChI is InChI=1S/C15H17FN2O/c1-11-8-12(10-13(16)9-11)15(19)18(7-6-17)14-4-2-3-5-14/h8-10,14H,2-5,7H2,1H3. The van der Waals surface area contributed by atoms with Gasteiger partial charge in [0, 0.05) is 11.6 Å². The van der Waals surface area contributed by atoms with Gasteiger partial charge >= 0.3 is 0 Å². The zero-order valence-corrected chi connectivity index (χ0v) is 11.0. The van der Waals surface area contributed by atoms with Crippen LogP contribution in [0.2, 0.25) is 0 Å². The maximum atomic E-state index is 13.4. The number of nitrogens with zero attached hydrogens (tertiary/aromatic N) is 2. The third-order valence-electron chi connectivity index (χ3n) is 3.56. The van der Waals surface area contributed by atoms with E-state index in [1.54, 1.807) is 17.9 Å². The molecule has 19 heavy (non-hydrogen) atoms. The molecule has 0 N–H and O–H groups in total. The Morgan fingerprint density at radius 3 is 2.68 bits per heavy atom. The van der Waals surface area contributed by atoms with Gasteiger partial charge in [-0.05, 0) is 43.5 Å². The molecule has 0 unspecified atom stereocenters. The summed E-state index contributed by atoms with van der Waals surface area (Å²) in [7, 11) is 0. The predicted octanol–water partition coefficient (Wildman–Crippen LogP) is 3.04. The second-order valence-electron chi connectivity index (χ2n) is 5.05. The van der Waals surface area contributed by atoms with Crippen LogP contribution in [-0.2, 0) is 0 Å². The van der Waals surface area contributed by atoms with Gasteiger partial charge in [0.25, 0.3) is 5.91 Å². The lowest BCUT2D eigenvalue weighted by Crippen LogP contribution is -2.39. The SMILES string of the molecule is Cc1cc(F)cc(C(=O)N(CC#N)C2CCCC2)c1. The first kappa shape index (κ1) is 13.5. The van der Waals surface area contributed by atoms with E-state index in [0.29, 0.717) is 11.1 Å². The van der Waals surface area contributed by atoms with Gasteiger partial charge in [0.15, 0.2) is 0 Å². The number of benzene rings is 1. The molecule has 0 radical (unpaired) electrons. The molecule has 4 heteroatoms. The number of rotatable bonds is 3. The Morgan fingerprint density at radius 1 is 1.42 bits per heavy atom. The van der Waals surface area contributed by atoms with Gasteiger partial charge in [0.1, 0.15) is 12.4 Å². The largest absolute Gasteiger partial charge is 0.322 e. The molecule has 1 fully saturated rings. The normalized spacial score (nSPS) is 15.2. The predicted molar refractivity (Wildman–Crippen MR) is 70.0 cm³/mol. The maximum absolute atomic E-state index is 13.4. The van der Waals surface area contributed by atoms with E-state index in [9.17, 15) is 9.18 Å². The quantitative estimate of drug-likeness (QED) is 0.784. The molecule has 1 aliphatic rings. The Kier molecular flexibility index (Phi) is 4.16. The van der Waals surface area contributed by atoms with Gasteiger partial charge in [-0.15, -0.1) is 0 Å². The Morgan fingerprint density at radius 2 is 2.11 bits per heavy atom. The molecule has 1 amide bonds. The van der Waals surface area contributed by atoms with E-state index < -0.39 is 5.82 Å². The van der Waals surface area contributed by atoms with Crippen LogP contribution >= 0.6 is 0 Å². The van der Waals surface area contributed by atoms with Crippen LogP contribution in [0.4, 0.5) is 4.39 Å². The number of hydrogen-bond acceptors (Lipinski definition) is 2. The summed E-state index contributed by atoms with van der Waals surface area (Å²) < 4.78 is 13.4. The van der Waals surface area contributed by atoms with Gasteiger partial charge in [-0.2, -0.15) is 5.26 Å².